The molecule has 0 N–H and O–H groups in total. The maximum Gasteiger partial charge on any atom is 0.287 e. The minimum Gasteiger partial charge on any atom is -0.294 e. The van der Waals surface area contributed by atoms with Crippen LogP contribution in [-0.2, 0) is 6.42 Å². The number of hydrogen-bond acceptors (Lipinski definition) is 4. The molecule has 0 radical (unpaired) electrons. The summed E-state index contributed by atoms with van der Waals surface area (Å²) in [4.78, 5) is 25.7. The van der Waals surface area contributed by atoms with Crippen LogP contribution in [0.1, 0.15) is 16.1 Å². The third-order valence-electron chi connectivity index (χ3n) is 2.46. The van der Waals surface area contributed by atoms with Crippen molar-refractivity contribution in [3.63, 3.8) is 0 Å². The Hall–Kier alpha value is -2.56. The van der Waals surface area contributed by atoms with Crippen molar-refractivity contribution >= 4 is 11.5 Å². The van der Waals surface area contributed by atoms with Crippen LogP contribution < -0.4 is 0 Å². The fraction of sp³-hybridized carbons (Fsp3) is 0.0769. The largest absolute Gasteiger partial charge is 0.294 e. The van der Waals surface area contributed by atoms with E-state index in [1.165, 1.54) is 12.1 Å². The van der Waals surface area contributed by atoms with Crippen molar-refractivity contribution < 1.29 is 9.72 Å². The summed E-state index contributed by atoms with van der Waals surface area (Å²) in [6.07, 6.45) is 1.30. The van der Waals surface area contributed by atoms with Crippen LogP contribution >= 0.6 is 0 Å². The summed E-state index contributed by atoms with van der Waals surface area (Å²) in [7, 11) is 0. The lowest BCUT2D eigenvalue weighted by Gasteiger charge is -2.00. The SMILES string of the molecule is O=C(Cc1ccc([N+](=O)[O-])cn1)c1ccccc1. The van der Waals surface area contributed by atoms with E-state index in [1.54, 1.807) is 24.3 Å². The van der Waals surface area contributed by atoms with Crippen molar-refractivity contribution in [2.45, 2.75) is 6.42 Å². The van der Waals surface area contributed by atoms with E-state index < -0.39 is 4.92 Å². The van der Waals surface area contributed by atoms with E-state index in [4.69, 9.17) is 0 Å². The average molecular weight is 242 g/mol. The third kappa shape index (κ3) is 2.76. The molecular weight excluding hydrogens is 232 g/mol. The topological polar surface area (TPSA) is 73.1 Å². The van der Waals surface area contributed by atoms with Gasteiger partial charge in [-0.2, -0.15) is 0 Å². The Labute approximate surface area is 103 Å². The number of ketones is 1. The van der Waals surface area contributed by atoms with Crippen LogP contribution in [-0.4, -0.2) is 15.7 Å². The zero-order chi connectivity index (χ0) is 13.0. The molecule has 0 bridgehead atoms. The Kier molecular flexibility index (Phi) is 3.43. The molecule has 5 heteroatoms. The van der Waals surface area contributed by atoms with Gasteiger partial charge in [-0.05, 0) is 6.07 Å². The second-order valence-electron chi connectivity index (χ2n) is 3.73. The number of aromatic nitrogens is 1. The molecule has 0 aliphatic heterocycles. The zero-order valence-electron chi connectivity index (χ0n) is 9.45. The summed E-state index contributed by atoms with van der Waals surface area (Å²) in [6, 6.07) is 11.7. The summed E-state index contributed by atoms with van der Waals surface area (Å²) >= 11 is 0. The summed E-state index contributed by atoms with van der Waals surface area (Å²) in [5.41, 5.74) is 1.05. The quantitative estimate of drug-likeness (QED) is 0.469. The van der Waals surface area contributed by atoms with Crippen LogP contribution in [0.5, 0.6) is 0 Å². The van der Waals surface area contributed by atoms with Gasteiger partial charge < -0.3 is 0 Å². The van der Waals surface area contributed by atoms with Gasteiger partial charge in [0.15, 0.2) is 5.78 Å². The highest BCUT2D eigenvalue weighted by atomic mass is 16.6. The molecule has 0 aliphatic rings. The number of rotatable bonds is 4. The Morgan fingerprint density at radius 3 is 2.44 bits per heavy atom. The van der Waals surface area contributed by atoms with Gasteiger partial charge in [0, 0.05) is 17.3 Å². The number of carbonyl (C=O) groups is 1. The van der Waals surface area contributed by atoms with Gasteiger partial charge in [0.1, 0.15) is 6.20 Å². The molecule has 1 aromatic carbocycles. The van der Waals surface area contributed by atoms with Crippen LogP contribution in [0.3, 0.4) is 0 Å². The van der Waals surface area contributed by atoms with Crippen LogP contribution in [0.15, 0.2) is 48.7 Å². The van der Waals surface area contributed by atoms with Crippen LogP contribution in [0, 0.1) is 10.1 Å². The molecule has 90 valence electrons. The van der Waals surface area contributed by atoms with E-state index in [-0.39, 0.29) is 17.9 Å². The van der Waals surface area contributed by atoms with Gasteiger partial charge in [-0.15, -0.1) is 0 Å². The van der Waals surface area contributed by atoms with Gasteiger partial charge in [0.05, 0.1) is 11.3 Å². The number of carbonyl (C=O) groups excluding carboxylic acids is 1. The lowest BCUT2D eigenvalue weighted by molar-refractivity contribution is -0.385. The highest BCUT2D eigenvalue weighted by molar-refractivity contribution is 5.97. The molecule has 0 atom stereocenters. The predicted molar refractivity (Wildman–Crippen MR) is 65.4 cm³/mol. The normalized spacial score (nSPS) is 10.0. The van der Waals surface area contributed by atoms with Gasteiger partial charge in [0.25, 0.3) is 5.69 Å². The Morgan fingerprint density at radius 2 is 1.89 bits per heavy atom. The Balaban J connectivity index is 2.10. The molecule has 5 nitrogen and oxygen atoms in total. The second kappa shape index (κ2) is 5.18. The maximum absolute atomic E-state index is 11.9. The van der Waals surface area contributed by atoms with Gasteiger partial charge in [-0.3, -0.25) is 19.9 Å². The molecule has 0 saturated carbocycles. The van der Waals surface area contributed by atoms with E-state index in [0.717, 1.165) is 6.20 Å². The highest BCUT2D eigenvalue weighted by Crippen LogP contribution is 2.11. The van der Waals surface area contributed by atoms with E-state index >= 15 is 0 Å². The number of pyridine rings is 1. The first kappa shape index (κ1) is 11.9. The van der Waals surface area contributed by atoms with Crippen molar-refractivity contribution in [1.82, 2.24) is 4.98 Å². The van der Waals surface area contributed by atoms with Crippen LogP contribution in [0.4, 0.5) is 5.69 Å². The number of Topliss-reactive ketones (excluding diaryl/α,β-unsaturated/α-hetero) is 1. The van der Waals surface area contributed by atoms with E-state index in [2.05, 4.69) is 4.98 Å². The molecule has 0 saturated heterocycles. The molecule has 2 aromatic rings. The number of nitrogens with zero attached hydrogens (tertiary/aromatic N) is 2. The molecule has 0 spiro atoms. The van der Waals surface area contributed by atoms with Gasteiger partial charge in [-0.1, -0.05) is 30.3 Å². The summed E-state index contributed by atoms with van der Waals surface area (Å²) < 4.78 is 0. The van der Waals surface area contributed by atoms with E-state index in [1.807, 2.05) is 6.07 Å². The second-order valence-corrected chi connectivity index (χ2v) is 3.73. The number of nitro groups is 1. The number of hydrogen-bond donors (Lipinski definition) is 0. The summed E-state index contributed by atoms with van der Waals surface area (Å²) in [5.74, 6) is -0.0584. The van der Waals surface area contributed by atoms with Crippen molar-refractivity contribution in [1.29, 1.82) is 0 Å². The fourth-order valence-corrected chi connectivity index (χ4v) is 1.52. The summed E-state index contributed by atoms with van der Waals surface area (Å²) in [6.45, 7) is 0. The molecule has 1 heterocycles. The Bertz CT molecular complexity index is 565. The first-order valence-corrected chi connectivity index (χ1v) is 5.34. The standard InChI is InChI=1S/C13H10N2O3/c16-13(10-4-2-1-3-5-10)8-11-6-7-12(9-14-11)15(17)18/h1-7,9H,8H2. The minimum absolute atomic E-state index is 0.0584. The fourth-order valence-electron chi connectivity index (χ4n) is 1.52. The molecule has 18 heavy (non-hydrogen) atoms. The molecule has 2 rings (SSSR count). The lowest BCUT2D eigenvalue weighted by Crippen LogP contribution is -2.05. The number of benzene rings is 1. The zero-order valence-corrected chi connectivity index (χ0v) is 9.45. The molecule has 0 unspecified atom stereocenters. The smallest absolute Gasteiger partial charge is 0.287 e. The first-order chi connectivity index (χ1) is 8.66. The molecule has 0 fully saturated rings. The van der Waals surface area contributed by atoms with Crippen LogP contribution in [0.25, 0.3) is 0 Å². The van der Waals surface area contributed by atoms with Gasteiger partial charge >= 0.3 is 0 Å². The van der Waals surface area contributed by atoms with E-state index in [9.17, 15) is 14.9 Å². The van der Waals surface area contributed by atoms with Crippen molar-refractivity contribution in [2.75, 3.05) is 0 Å². The Morgan fingerprint density at radius 1 is 1.17 bits per heavy atom. The highest BCUT2D eigenvalue weighted by Gasteiger charge is 2.09. The monoisotopic (exact) mass is 242 g/mol. The van der Waals surface area contributed by atoms with Gasteiger partial charge in [0.2, 0.25) is 0 Å². The minimum atomic E-state index is -0.518. The predicted octanol–water partition coefficient (Wildman–Crippen LogP) is 2.42. The molecule has 0 amide bonds. The average Bonchev–Trinajstić information content (AvgIpc) is 2.40. The first-order valence-electron chi connectivity index (χ1n) is 5.34. The molecule has 1 aromatic heterocycles. The van der Waals surface area contributed by atoms with Crippen molar-refractivity contribution in [3.8, 4) is 0 Å². The molecular formula is C13H10N2O3. The molecule has 0 aliphatic carbocycles. The van der Waals surface area contributed by atoms with Crippen molar-refractivity contribution in [3.05, 3.63) is 70.0 Å². The van der Waals surface area contributed by atoms with Crippen molar-refractivity contribution in [2.24, 2.45) is 0 Å². The lowest BCUT2D eigenvalue weighted by atomic mass is 10.1. The maximum atomic E-state index is 11.9. The summed E-state index contributed by atoms with van der Waals surface area (Å²) in [5, 5.41) is 10.5. The van der Waals surface area contributed by atoms with E-state index in [0.29, 0.717) is 11.3 Å². The third-order valence-corrected chi connectivity index (χ3v) is 2.46. The van der Waals surface area contributed by atoms with Gasteiger partial charge in [-0.25, -0.2) is 0 Å². The van der Waals surface area contributed by atoms with Crippen LogP contribution in [0.2, 0.25) is 0 Å².